The number of carbonyl (C=O) groups is 1. The van der Waals surface area contributed by atoms with Crippen LogP contribution in [0.1, 0.15) is 82.1 Å². The molecule has 1 aliphatic rings. The summed E-state index contributed by atoms with van der Waals surface area (Å²) in [6, 6.07) is 0. The number of rotatable bonds is 18. The summed E-state index contributed by atoms with van der Waals surface area (Å²) in [7, 11) is 2.69. The average molecular weight is 669 g/mol. The second-order valence-corrected chi connectivity index (χ2v) is 13.7. The smallest absolute Gasteiger partial charge is 0.333 e. The van der Waals surface area contributed by atoms with E-state index in [1.807, 2.05) is 46.8 Å². The van der Waals surface area contributed by atoms with E-state index in [1.165, 1.54) is 14.2 Å². The molecule has 47 heavy (non-hydrogen) atoms. The van der Waals surface area contributed by atoms with Crippen molar-refractivity contribution in [3.8, 4) is 0 Å². The van der Waals surface area contributed by atoms with Crippen molar-refractivity contribution in [2.24, 2.45) is 29.6 Å². The van der Waals surface area contributed by atoms with Gasteiger partial charge in [0.1, 0.15) is 24.4 Å². The molecule has 1 saturated heterocycles. The van der Waals surface area contributed by atoms with E-state index in [0.717, 1.165) is 18.4 Å². The van der Waals surface area contributed by atoms with Crippen molar-refractivity contribution in [2.45, 2.75) is 131 Å². The third-order valence-electron chi connectivity index (χ3n) is 9.32. The first-order chi connectivity index (χ1) is 21.9. The Hall–Kier alpha value is -1.89. The number of methoxy groups -OCH3 is 2. The van der Waals surface area contributed by atoms with E-state index >= 15 is 0 Å². The van der Waals surface area contributed by atoms with Gasteiger partial charge >= 0.3 is 5.97 Å². The molecule has 0 aromatic rings. The maximum absolute atomic E-state index is 11.8. The van der Waals surface area contributed by atoms with Gasteiger partial charge in [-0.2, -0.15) is 0 Å². The minimum absolute atomic E-state index is 0.262. The van der Waals surface area contributed by atoms with Gasteiger partial charge in [-0.05, 0) is 62.7 Å². The molecular formula is C37H64O10. The summed E-state index contributed by atoms with van der Waals surface area (Å²) in [5, 5.41) is 53.7. The second kappa shape index (κ2) is 20.6. The number of esters is 1. The molecule has 0 bridgehead atoms. The zero-order valence-corrected chi connectivity index (χ0v) is 30.7. The number of allylic oxidation sites excluding steroid dienone is 1. The number of ether oxygens (including phenoxy) is 4. The molecule has 0 aliphatic carbocycles. The maximum Gasteiger partial charge on any atom is 0.333 e. The first-order valence-corrected chi connectivity index (χ1v) is 16.9. The van der Waals surface area contributed by atoms with Gasteiger partial charge in [0.05, 0.1) is 32.0 Å². The first-order valence-electron chi connectivity index (χ1n) is 16.9. The predicted octanol–water partition coefficient (Wildman–Crippen LogP) is 4.49. The maximum atomic E-state index is 11.8. The molecule has 1 fully saturated rings. The predicted molar refractivity (Wildman–Crippen MR) is 183 cm³/mol. The van der Waals surface area contributed by atoms with Gasteiger partial charge in [-0.1, -0.05) is 72.3 Å². The number of carbonyl (C=O) groups excluding carboxylic acids is 1. The van der Waals surface area contributed by atoms with Gasteiger partial charge in [-0.25, -0.2) is 4.79 Å². The summed E-state index contributed by atoms with van der Waals surface area (Å²) in [5.41, 5.74) is 2.70. The lowest BCUT2D eigenvalue weighted by molar-refractivity contribution is -0.313. The van der Waals surface area contributed by atoms with Crippen LogP contribution in [-0.2, 0) is 23.7 Å². The Morgan fingerprint density at radius 3 is 1.83 bits per heavy atom. The molecular weight excluding hydrogens is 604 g/mol. The highest BCUT2D eigenvalue weighted by molar-refractivity contribution is 5.87. The van der Waals surface area contributed by atoms with Gasteiger partial charge < -0.3 is 44.5 Å². The van der Waals surface area contributed by atoms with Crippen LogP contribution < -0.4 is 0 Å². The lowest BCUT2D eigenvalue weighted by Gasteiger charge is -2.43. The van der Waals surface area contributed by atoms with Crippen molar-refractivity contribution in [2.75, 3.05) is 20.8 Å². The highest BCUT2D eigenvalue weighted by Gasteiger charge is 2.46. The van der Waals surface area contributed by atoms with Crippen LogP contribution in [0.5, 0.6) is 0 Å². The summed E-state index contributed by atoms with van der Waals surface area (Å²) in [6.07, 6.45) is 1.60. The number of aliphatic hydroxyl groups is 5. The lowest BCUT2D eigenvalue weighted by atomic mass is 9.87. The Bertz CT molecular complexity index is 1080. The lowest BCUT2D eigenvalue weighted by Crippen LogP contribution is -2.60. The number of aliphatic hydroxyl groups excluding tert-OH is 5. The van der Waals surface area contributed by atoms with Gasteiger partial charge in [-0.3, -0.25) is 0 Å². The Morgan fingerprint density at radius 1 is 0.809 bits per heavy atom. The number of hydrogen-bond acceptors (Lipinski definition) is 10. The van der Waals surface area contributed by atoms with Gasteiger partial charge in [0.15, 0.2) is 6.29 Å². The first kappa shape index (κ1) is 43.1. The standard InChI is InChI=1S/C37H64O10/c1-13-20(2)14-21(3)15-26(8)34(47-37-33(42)32(41)35(44-11)29(19-38)46-37)27(9)17-24(6)30(39)22(4)16-23(5)31(40)25(7)18-28(10)36(43)45-12/h15-18,20-22,25,27,29-35,37-42H,13-14,19H2,1-12H3/t20-,21-,22-,25-,27-,29+,30-,31+,32-,33-,34+,35+,37-/m0/s1. The molecule has 1 heterocycles. The molecule has 0 spiro atoms. The Balaban J connectivity index is 3.32. The van der Waals surface area contributed by atoms with E-state index in [4.69, 9.17) is 18.9 Å². The topological polar surface area (TPSA) is 155 Å². The Labute approximate surface area is 283 Å². The van der Waals surface area contributed by atoms with Crippen LogP contribution in [-0.4, -0.2) is 101 Å². The van der Waals surface area contributed by atoms with E-state index in [9.17, 15) is 30.3 Å². The van der Waals surface area contributed by atoms with Gasteiger partial charge in [0.2, 0.25) is 0 Å². The fourth-order valence-electron chi connectivity index (χ4n) is 6.41. The highest BCUT2D eigenvalue weighted by Crippen LogP contribution is 2.31. The average Bonchev–Trinajstić information content (AvgIpc) is 3.03. The molecule has 272 valence electrons. The van der Waals surface area contributed by atoms with Gasteiger partial charge in [0, 0.05) is 30.4 Å². The van der Waals surface area contributed by atoms with Crippen LogP contribution in [0.2, 0.25) is 0 Å². The fourth-order valence-corrected chi connectivity index (χ4v) is 6.41. The van der Waals surface area contributed by atoms with Crippen molar-refractivity contribution >= 4 is 5.97 Å². The molecule has 10 heteroatoms. The van der Waals surface area contributed by atoms with E-state index < -0.39 is 61.6 Å². The second-order valence-electron chi connectivity index (χ2n) is 13.7. The van der Waals surface area contributed by atoms with Gasteiger partial charge in [-0.15, -0.1) is 0 Å². The quantitative estimate of drug-likeness (QED) is 0.0802. The molecule has 0 saturated carbocycles. The summed E-state index contributed by atoms with van der Waals surface area (Å²) >= 11 is 0. The van der Waals surface area contributed by atoms with Crippen molar-refractivity contribution in [3.63, 3.8) is 0 Å². The molecule has 5 N–H and O–H groups in total. The van der Waals surface area contributed by atoms with Crippen LogP contribution in [0.4, 0.5) is 0 Å². The molecule has 0 aromatic carbocycles. The Morgan fingerprint density at radius 2 is 1.34 bits per heavy atom. The van der Waals surface area contributed by atoms with Gasteiger partial charge in [0.25, 0.3) is 0 Å². The monoisotopic (exact) mass is 668 g/mol. The minimum atomic E-state index is -1.41. The summed E-state index contributed by atoms with van der Waals surface area (Å²) < 4.78 is 22.3. The molecule has 0 unspecified atom stereocenters. The summed E-state index contributed by atoms with van der Waals surface area (Å²) in [4.78, 5) is 11.8. The molecule has 10 nitrogen and oxygen atoms in total. The van der Waals surface area contributed by atoms with Crippen LogP contribution in [0.3, 0.4) is 0 Å². The van der Waals surface area contributed by atoms with Crippen molar-refractivity contribution in [1.82, 2.24) is 0 Å². The largest absolute Gasteiger partial charge is 0.466 e. The SMILES string of the molecule is CC[C@H](C)C[C@H](C)C=C(C)[C@@H](O[C@@H]1O[C@H](CO)[C@@H](OC)[C@@H](O)[C@@H]1O)[C@@H](C)C=C(C)[C@@H](O)[C@@H](C)C=C(C)[C@@H](O)[C@@H](C)C=C(C)C(=O)OC. The summed E-state index contributed by atoms with van der Waals surface area (Å²) in [5.74, 6) is -0.611. The van der Waals surface area contributed by atoms with E-state index in [1.54, 1.807) is 19.9 Å². The van der Waals surface area contributed by atoms with Crippen LogP contribution in [0.15, 0.2) is 46.6 Å². The fraction of sp³-hybridized carbons (Fsp3) is 0.757. The molecule has 13 atom stereocenters. The zero-order valence-electron chi connectivity index (χ0n) is 30.7. The van der Waals surface area contributed by atoms with E-state index in [0.29, 0.717) is 22.6 Å². The van der Waals surface area contributed by atoms with Crippen molar-refractivity contribution < 1.29 is 49.3 Å². The van der Waals surface area contributed by atoms with Crippen molar-refractivity contribution in [1.29, 1.82) is 0 Å². The van der Waals surface area contributed by atoms with Crippen molar-refractivity contribution in [3.05, 3.63) is 46.6 Å². The normalized spacial score (nSPS) is 28.6. The molecule has 0 aromatic heterocycles. The molecule has 1 aliphatic heterocycles. The van der Waals surface area contributed by atoms with Crippen LogP contribution in [0.25, 0.3) is 0 Å². The molecule has 1 rings (SSSR count). The third-order valence-corrected chi connectivity index (χ3v) is 9.32. The number of hydrogen-bond donors (Lipinski definition) is 5. The zero-order chi connectivity index (χ0) is 36.2. The summed E-state index contributed by atoms with van der Waals surface area (Å²) in [6.45, 7) is 19.0. The van der Waals surface area contributed by atoms with E-state index in [2.05, 4.69) is 26.8 Å². The molecule has 0 radical (unpaired) electrons. The third kappa shape index (κ3) is 12.8. The minimum Gasteiger partial charge on any atom is -0.466 e. The van der Waals surface area contributed by atoms with E-state index in [-0.39, 0.29) is 23.7 Å². The van der Waals surface area contributed by atoms with Crippen LogP contribution in [0, 0.1) is 29.6 Å². The molecule has 0 amide bonds. The van der Waals surface area contributed by atoms with Crippen LogP contribution >= 0.6 is 0 Å². The Kier molecular flexibility index (Phi) is 18.9. The highest BCUT2D eigenvalue weighted by atomic mass is 16.7.